The largest absolute Gasteiger partial charge is 0.497 e. The molecule has 29 heavy (non-hydrogen) atoms. The van der Waals surface area contributed by atoms with Gasteiger partial charge in [-0.05, 0) is 25.0 Å². The zero-order valence-electron chi connectivity index (χ0n) is 17.2. The number of methoxy groups -OCH3 is 2. The normalized spacial score (nSPS) is 18.2. The Kier molecular flexibility index (Phi) is 7.37. The fourth-order valence-corrected chi connectivity index (χ4v) is 5.94. The molecule has 0 atom stereocenters. The molecule has 0 spiro atoms. The maximum absolute atomic E-state index is 13.6. The van der Waals surface area contributed by atoms with Gasteiger partial charge in [-0.15, -0.1) is 0 Å². The van der Waals surface area contributed by atoms with Crippen LogP contribution in [0.25, 0.3) is 0 Å². The van der Waals surface area contributed by atoms with Gasteiger partial charge in [0.25, 0.3) is 0 Å². The Balaban J connectivity index is 1.84. The number of nitrogens with zero attached hydrogens (tertiary/aromatic N) is 2. The van der Waals surface area contributed by atoms with Gasteiger partial charge in [-0.25, -0.2) is 8.42 Å². The molecule has 1 aliphatic heterocycles. The standard InChI is InChI=1S/C20H31N3O5S/c1-27-17-7-8-18(28-2)19(15-17)29(25,26)23(16-5-3-4-6-16)12-9-20(24)22-13-10-21-11-14-22/h7-8,15-16,21H,3-6,9-14H2,1-2H3. The van der Waals surface area contributed by atoms with Crippen molar-refractivity contribution in [1.82, 2.24) is 14.5 Å². The number of rotatable bonds is 8. The number of piperazine rings is 1. The van der Waals surface area contributed by atoms with Gasteiger partial charge in [0.1, 0.15) is 16.4 Å². The van der Waals surface area contributed by atoms with Crippen LogP contribution in [0.15, 0.2) is 23.1 Å². The van der Waals surface area contributed by atoms with E-state index in [1.165, 1.54) is 24.6 Å². The first kappa shape index (κ1) is 21.9. The van der Waals surface area contributed by atoms with Crippen molar-refractivity contribution >= 4 is 15.9 Å². The summed E-state index contributed by atoms with van der Waals surface area (Å²) in [6.07, 6.45) is 3.80. The predicted molar refractivity (Wildman–Crippen MR) is 110 cm³/mol. The second-order valence-electron chi connectivity index (χ2n) is 7.45. The third-order valence-corrected chi connectivity index (χ3v) is 7.68. The van der Waals surface area contributed by atoms with Crippen LogP contribution < -0.4 is 14.8 Å². The van der Waals surface area contributed by atoms with Crippen molar-refractivity contribution in [2.45, 2.75) is 43.0 Å². The second kappa shape index (κ2) is 9.77. The Hall–Kier alpha value is -1.84. The number of amides is 1. The Morgan fingerprint density at radius 3 is 2.48 bits per heavy atom. The minimum atomic E-state index is -3.84. The SMILES string of the molecule is COc1ccc(OC)c(S(=O)(=O)N(CCC(=O)N2CCNCC2)C2CCCC2)c1. The summed E-state index contributed by atoms with van der Waals surface area (Å²) in [7, 11) is -0.889. The number of hydrogen-bond acceptors (Lipinski definition) is 6. The lowest BCUT2D eigenvalue weighted by molar-refractivity contribution is -0.131. The van der Waals surface area contributed by atoms with Gasteiger partial charge in [0.15, 0.2) is 0 Å². The quantitative estimate of drug-likeness (QED) is 0.678. The van der Waals surface area contributed by atoms with Crippen LogP contribution in [0.3, 0.4) is 0 Å². The summed E-state index contributed by atoms with van der Waals surface area (Å²) in [5, 5.41) is 3.22. The smallest absolute Gasteiger partial charge is 0.247 e. The predicted octanol–water partition coefficient (Wildman–Crippen LogP) is 1.46. The summed E-state index contributed by atoms with van der Waals surface area (Å²) in [4.78, 5) is 14.5. The highest BCUT2D eigenvalue weighted by Gasteiger charge is 2.36. The maximum atomic E-state index is 13.6. The molecule has 1 aliphatic carbocycles. The molecule has 9 heteroatoms. The van der Waals surface area contributed by atoms with Crippen LogP contribution in [-0.2, 0) is 14.8 Å². The van der Waals surface area contributed by atoms with Crippen molar-refractivity contribution in [1.29, 1.82) is 0 Å². The van der Waals surface area contributed by atoms with E-state index in [-0.39, 0.29) is 35.6 Å². The molecule has 3 rings (SSSR count). The van der Waals surface area contributed by atoms with Crippen molar-refractivity contribution in [3.8, 4) is 11.5 Å². The molecule has 1 saturated carbocycles. The van der Waals surface area contributed by atoms with Crippen LogP contribution in [0.2, 0.25) is 0 Å². The minimum absolute atomic E-state index is 0.00213. The summed E-state index contributed by atoms with van der Waals surface area (Å²) in [6.45, 7) is 3.06. The summed E-state index contributed by atoms with van der Waals surface area (Å²) < 4.78 is 39.3. The Bertz CT molecular complexity index is 802. The molecule has 0 aromatic heterocycles. The zero-order chi connectivity index (χ0) is 20.9. The van der Waals surface area contributed by atoms with Gasteiger partial charge in [0.05, 0.1) is 14.2 Å². The Morgan fingerprint density at radius 1 is 1.17 bits per heavy atom. The fraction of sp³-hybridized carbons (Fsp3) is 0.650. The molecule has 0 radical (unpaired) electrons. The zero-order valence-corrected chi connectivity index (χ0v) is 18.0. The van der Waals surface area contributed by atoms with Gasteiger partial charge < -0.3 is 19.7 Å². The molecule has 1 heterocycles. The van der Waals surface area contributed by atoms with Crippen molar-refractivity contribution in [2.24, 2.45) is 0 Å². The molecule has 2 fully saturated rings. The number of benzene rings is 1. The van der Waals surface area contributed by atoms with Gasteiger partial charge in [0.2, 0.25) is 15.9 Å². The number of carbonyl (C=O) groups is 1. The van der Waals surface area contributed by atoms with E-state index in [0.29, 0.717) is 18.8 Å². The van der Waals surface area contributed by atoms with E-state index in [9.17, 15) is 13.2 Å². The molecule has 0 bridgehead atoms. The summed E-state index contributed by atoms with van der Waals surface area (Å²) in [5.41, 5.74) is 0. The molecular formula is C20H31N3O5S. The Morgan fingerprint density at radius 2 is 1.86 bits per heavy atom. The number of ether oxygens (including phenoxy) is 2. The van der Waals surface area contributed by atoms with Crippen molar-refractivity contribution in [3.05, 3.63) is 18.2 Å². The first-order valence-corrected chi connectivity index (χ1v) is 11.6. The molecule has 1 saturated heterocycles. The van der Waals surface area contributed by atoms with E-state index < -0.39 is 10.0 Å². The van der Waals surface area contributed by atoms with Crippen LogP contribution in [0.5, 0.6) is 11.5 Å². The average molecular weight is 426 g/mol. The van der Waals surface area contributed by atoms with Crippen molar-refractivity contribution in [3.63, 3.8) is 0 Å². The molecule has 1 aromatic carbocycles. The number of carbonyl (C=O) groups excluding carboxylic acids is 1. The molecule has 1 amide bonds. The van der Waals surface area contributed by atoms with Crippen molar-refractivity contribution in [2.75, 3.05) is 46.9 Å². The Labute approximate surface area is 173 Å². The summed E-state index contributed by atoms with van der Waals surface area (Å²) in [6, 6.07) is 4.68. The lowest BCUT2D eigenvalue weighted by atomic mass is 10.2. The maximum Gasteiger partial charge on any atom is 0.247 e. The highest BCUT2D eigenvalue weighted by atomic mass is 32.2. The molecule has 0 unspecified atom stereocenters. The topological polar surface area (TPSA) is 88.2 Å². The first-order valence-electron chi connectivity index (χ1n) is 10.2. The van der Waals surface area contributed by atoms with Crippen LogP contribution in [0.4, 0.5) is 0 Å². The van der Waals surface area contributed by atoms with Gasteiger partial charge in [-0.1, -0.05) is 12.8 Å². The van der Waals surface area contributed by atoms with Gasteiger partial charge in [-0.2, -0.15) is 4.31 Å². The monoisotopic (exact) mass is 425 g/mol. The summed E-state index contributed by atoms with van der Waals surface area (Å²) in [5.74, 6) is 0.733. The van der Waals surface area contributed by atoms with Gasteiger partial charge in [0, 0.05) is 51.3 Å². The molecule has 1 aromatic rings. The average Bonchev–Trinajstić information content (AvgIpc) is 3.28. The number of hydrogen-bond donors (Lipinski definition) is 1. The van der Waals surface area contributed by atoms with Crippen LogP contribution >= 0.6 is 0 Å². The summed E-state index contributed by atoms with van der Waals surface area (Å²) >= 11 is 0. The van der Waals surface area contributed by atoms with E-state index in [2.05, 4.69) is 5.32 Å². The van der Waals surface area contributed by atoms with Crippen LogP contribution in [0, 0.1) is 0 Å². The third kappa shape index (κ3) is 5.02. The van der Waals surface area contributed by atoms with E-state index in [1.807, 2.05) is 4.90 Å². The lowest BCUT2D eigenvalue weighted by Crippen LogP contribution is -2.48. The van der Waals surface area contributed by atoms with E-state index in [1.54, 1.807) is 12.1 Å². The molecule has 8 nitrogen and oxygen atoms in total. The fourth-order valence-electron chi connectivity index (χ4n) is 4.08. The van der Waals surface area contributed by atoms with E-state index >= 15 is 0 Å². The van der Waals surface area contributed by atoms with Crippen molar-refractivity contribution < 1.29 is 22.7 Å². The first-order chi connectivity index (χ1) is 14.0. The van der Waals surface area contributed by atoms with Crippen LogP contribution in [0.1, 0.15) is 32.1 Å². The van der Waals surface area contributed by atoms with Crippen LogP contribution in [-0.4, -0.2) is 76.5 Å². The highest BCUT2D eigenvalue weighted by molar-refractivity contribution is 7.89. The third-order valence-electron chi connectivity index (χ3n) is 5.71. The molecule has 1 N–H and O–H groups in total. The van der Waals surface area contributed by atoms with E-state index in [4.69, 9.17) is 9.47 Å². The molecule has 162 valence electrons. The highest BCUT2D eigenvalue weighted by Crippen LogP contribution is 2.34. The van der Waals surface area contributed by atoms with E-state index in [0.717, 1.165) is 38.8 Å². The number of nitrogens with one attached hydrogen (secondary N) is 1. The molecular weight excluding hydrogens is 394 g/mol. The number of sulfonamides is 1. The minimum Gasteiger partial charge on any atom is -0.497 e. The second-order valence-corrected chi connectivity index (χ2v) is 9.31. The van der Waals surface area contributed by atoms with Gasteiger partial charge in [-0.3, -0.25) is 4.79 Å². The molecule has 2 aliphatic rings. The lowest BCUT2D eigenvalue weighted by Gasteiger charge is -2.31. The van der Waals surface area contributed by atoms with Gasteiger partial charge >= 0.3 is 0 Å².